The molecule has 3 aromatic rings. The number of nitrogens with two attached hydrogens (primary N) is 1. The van der Waals surface area contributed by atoms with E-state index in [0.29, 0.717) is 18.6 Å². The number of anilines is 1. The second-order valence-corrected chi connectivity index (χ2v) is 9.12. The lowest BCUT2D eigenvalue weighted by Gasteiger charge is -2.17. The zero-order chi connectivity index (χ0) is 20.4. The van der Waals surface area contributed by atoms with Gasteiger partial charge >= 0.3 is 0 Å². The van der Waals surface area contributed by atoms with Crippen molar-refractivity contribution in [3.8, 4) is 11.4 Å². The van der Waals surface area contributed by atoms with Crippen molar-refractivity contribution in [2.45, 2.75) is 51.5 Å². The van der Waals surface area contributed by atoms with Crippen LogP contribution in [0.5, 0.6) is 0 Å². The van der Waals surface area contributed by atoms with Gasteiger partial charge in [0.05, 0.1) is 24.5 Å². The van der Waals surface area contributed by atoms with Crippen molar-refractivity contribution in [3.63, 3.8) is 0 Å². The van der Waals surface area contributed by atoms with E-state index in [0.717, 1.165) is 60.0 Å². The lowest BCUT2D eigenvalue weighted by Crippen LogP contribution is -2.18. The normalized spacial score (nSPS) is 19.7. The van der Waals surface area contributed by atoms with Gasteiger partial charge in [0.1, 0.15) is 11.5 Å². The summed E-state index contributed by atoms with van der Waals surface area (Å²) in [5, 5.41) is 13.8. The lowest BCUT2D eigenvalue weighted by molar-refractivity contribution is 0.290. The predicted octanol–water partition coefficient (Wildman–Crippen LogP) is 4.21. The fourth-order valence-electron chi connectivity index (χ4n) is 3.83. The molecule has 0 amide bonds. The van der Waals surface area contributed by atoms with Crippen LogP contribution in [-0.2, 0) is 9.60 Å². The molecule has 3 N–H and O–H groups in total. The zero-order valence-corrected chi connectivity index (χ0v) is 17.9. The maximum Gasteiger partial charge on any atom is 0.157 e. The highest BCUT2D eigenvalue weighted by molar-refractivity contribution is 7.92. The minimum atomic E-state index is -0.00866. The summed E-state index contributed by atoms with van der Waals surface area (Å²) in [4.78, 5) is 9.32. The molecule has 3 heterocycles. The molecule has 2 atom stereocenters. The molecule has 1 aliphatic carbocycles. The second-order valence-electron chi connectivity index (χ2n) is 8.69. The van der Waals surface area contributed by atoms with E-state index >= 15 is 0 Å². The SMILES string of the molecule is CC(C)(C)c1cccc(-c2cc3nccc(NC4CCC(COSN)C4)n3n2)n1. The molecule has 0 aromatic carbocycles. The Labute approximate surface area is 175 Å². The summed E-state index contributed by atoms with van der Waals surface area (Å²) in [5.41, 5.74) is 3.55. The largest absolute Gasteiger partial charge is 0.367 e. The van der Waals surface area contributed by atoms with Gasteiger partial charge in [-0.1, -0.05) is 26.8 Å². The van der Waals surface area contributed by atoms with Gasteiger partial charge in [-0.3, -0.25) is 10.1 Å². The van der Waals surface area contributed by atoms with Crippen LogP contribution in [0, 0.1) is 5.92 Å². The number of nitrogens with zero attached hydrogens (tertiary/aromatic N) is 4. The van der Waals surface area contributed by atoms with Crippen molar-refractivity contribution in [1.29, 1.82) is 0 Å². The first-order valence-electron chi connectivity index (χ1n) is 10.0. The fraction of sp³-hybridized carbons (Fsp3) is 0.476. The van der Waals surface area contributed by atoms with Gasteiger partial charge in [-0.25, -0.2) is 4.98 Å². The molecule has 0 aliphatic heterocycles. The van der Waals surface area contributed by atoms with Gasteiger partial charge in [0.25, 0.3) is 0 Å². The van der Waals surface area contributed by atoms with Crippen molar-refractivity contribution < 1.29 is 4.18 Å². The number of hydrogen-bond acceptors (Lipinski definition) is 7. The summed E-state index contributed by atoms with van der Waals surface area (Å²) >= 11 is 0.950. The molecule has 3 aromatic heterocycles. The Kier molecular flexibility index (Phi) is 5.76. The van der Waals surface area contributed by atoms with Crippen molar-refractivity contribution >= 4 is 23.7 Å². The summed E-state index contributed by atoms with van der Waals surface area (Å²) < 4.78 is 7.18. The topological polar surface area (TPSA) is 90.4 Å². The molecule has 0 bridgehead atoms. The van der Waals surface area contributed by atoms with Crippen LogP contribution in [0.15, 0.2) is 36.5 Å². The van der Waals surface area contributed by atoms with Gasteiger partial charge in [-0.15, -0.1) is 0 Å². The van der Waals surface area contributed by atoms with E-state index in [-0.39, 0.29) is 5.41 Å². The maximum absolute atomic E-state index is 5.37. The number of aromatic nitrogens is 4. The summed E-state index contributed by atoms with van der Waals surface area (Å²) in [5.74, 6) is 1.49. The van der Waals surface area contributed by atoms with Crippen molar-refractivity contribution in [2.75, 3.05) is 11.9 Å². The Morgan fingerprint density at radius 1 is 1.24 bits per heavy atom. The standard InChI is InChI=1S/C21H28N6OS/c1-21(2,3)18-6-4-5-16(25-18)17-12-20-23-10-9-19(27(20)26-17)24-15-8-7-14(11-15)13-28-29-22/h4-6,9-10,12,14-15,24H,7-8,11,13,22H2,1-3H3. The van der Waals surface area contributed by atoms with E-state index in [1.807, 2.05) is 35.0 Å². The molecule has 154 valence electrons. The number of hydrogen-bond donors (Lipinski definition) is 2. The van der Waals surface area contributed by atoms with Crippen LogP contribution in [0.25, 0.3) is 17.0 Å². The molecule has 1 saturated carbocycles. The molecule has 1 aliphatic rings. The highest BCUT2D eigenvalue weighted by atomic mass is 32.2. The average Bonchev–Trinajstić information content (AvgIpc) is 3.33. The van der Waals surface area contributed by atoms with E-state index in [1.54, 1.807) is 0 Å². The lowest BCUT2D eigenvalue weighted by atomic mass is 9.91. The summed E-state index contributed by atoms with van der Waals surface area (Å²) in [6.07, 6.45) is 5.13. The maximum atomic E-state index is 5.37. The van der Waals surface area contributed by atoms with Crippen LogP contribution < -0.4 is 10.5 Å². The van der Waals surface area contributed by atoms with E-state index < -0.39 is 0 Å². The van der Waals surface area contributed by atoms with E-state index in [4.69, 9.17) is 19.4 Å². The second kappa shape index (κ2) is 8.30. The van der Waals surface area contributed by atoms with Crippen LogP contribution in [0.1, 0.15) is 45.7 Å². The Morgan fingerprint density at radius 2 is 2.10 bits per heavy atom. The molecule has 29 heavy (non-hydrogen) atoms. The number of rotatable bonds is 6. The van der Waals surface area contributed by atoms with Gasteiger partial charge < -0.3 is 9.50 Å². The molecule has 1 fully saturated rings. The molecule has 2 unspecified atom stereocenters. The van der Waals surface area contributed by atoms with E-state index in [9.17, 15) is 0 Å². The van der Waals surface area contributed by atoms with Crippen LogP contribution >= 0.6 is 12.2 Å². The van der Waals surface area contributed by atoms with Gasteiger partial charge in [0, 0.05) is 29.4 Å². The Bertz CT molecular complexity index is 983. The van der Waals surface area contributed by atoms with Crippen molar-refractivity contribution in [3.05, 3.63) is 42.2 Å². The van der Waals surface area contributed by atoms with E-state index in [1.165, 1.54) is 0 Å². The first-order valence-corrected chi connectivity index (χ1v) is 10.8. The molecule has 4 rings (SSSR count). The molecule has 0 spiro atoms. The first-order chi connectivity index (χ1) is 13.9. The minimum Gasteiger partial charge on any atom is -0.367 e. The summed E-state index contributed by atoms with van der Waals surface area (Å²) in [7, 11) is 0. The highest BCUT2D eigenvalue weighted by Gasteiger charge is 2.25. The first kappa shape index (κ1) is 20.1. The molecular formula is C21H28N6OS. The highest BCUT2D eigenvalue weighted by Crippen LogP contribution is 2.30. The van der Waals surface area contributed by atoms with Crippen LogP contribution in [0.4, 0.5) is 5.82 Å². The average molecular weight is 413 g/mol. The van der Waals surface area contributed by atoms with Crippen molar-refractivity contribution in [1.82, 2.24) is 19.6 Å². The third-order valence-corrected chi connectivity index (χ3v) is 5.68. The van der Waals surface area contributed by atoms with Gasteiger partial charge in [0.15, 0.2) is 5.65 Å². The molecule has 7 nitrogen and oxygen atoms in total. The quantitative estimate of drug-likeness (QED) is 0.463. The molecule has 0 radical (unpaired) electrons. The van der Waals surface area contributed by atoms with Gasteiger partial charge in [-0.05, 0) is 43.4 Å². The number of pyridine rings is 1. The predicted molar refractivity (Wildman–Crippen MR) is 117 cm³/mol. The molecule has 8 heteroatoms. The summed E-state index contributed by atoms with van der Waals surface area (Å²) in [6.45, 7) is 7.20. The number of fused-ring (bicyclic) bond motifs is 1. The Balaban J connectivity index is 1.57. The van der Waals surface area contributed by atoms with Crippen molar-refractivity contribution in [2.24, 2.45) is 11.1 Å². The Hall–Kier alpha value is -2.16. The molecular weight excluding hydrogens is 384 g/mol. The fourth-order valence-corrected chi connectivity index (χ4v) is 4.10. The smallest absolute Gasteiger partial charge is 0.157 e. The van der Waals surface area contributed by atoms with E-state index in [2.05, 4.69) is 37.1 Å². The number of nitrogens with one attached hydrogen (secondary N) is 1. The van der Waals surface area contributed by atoms with Crippen LogP contribution in [0.3, 0.4) is 0 Å². The van der Waals surface area contributed by atoms with Gasteiger partial charge in [0.2, 0.25) is 0 Å². The monoisotopic (exact) mass is 412 g/mol. The van der Waals surface area contributed by atoms with Crippen LogP contribution in [0.2, 0.25) is 0 Å². The summed E-state index contributed by atoms with van der Waals surface area (Å²) in [6, 6.07) is 10.5. The van der Waals surface area contributed by atoms with Gasteiger partial charge in [-0.2, -0.15) is 9.61 Å². The Morgan fingerprint density at radius 3 is 2.90 bits per heavy atom. The third-order valence-electron chi connectivity index (χ3n) is 5.40. The van der Waals surface area contributed by atoms with Crippen LogP contribution in [-0.4, -0.2) is 32.2 Å². The molecule has 0 saturated heterocycles. The minimum absolute atomic E-state index is 0.00866. The third kappa shape index (κ3) is 4.55. The zero-order valence-electron chi connectivity index (χ0n) is 17.1.